The molecule has 192 valence electrons. The summed E-state index contributed by atoms with van der Waals surface area (Å²) < 4.78 is 1.58. The Morgan fingerprint density at radius 2 is 1.97 bits per heavy atom. The van der Waals surface area contributed by atoms with E-state index in [1.807, 2.05) is 24.3 Å². The summed E-state index contributed by atoms with van der Waals surface area (Å²) in [5.41, 5.74) is 2.72. The number of rotatable bonds is 5. The molecule has 2 fully saturated rings. The van der Waals surface area contributed by atoms with E-state index in [4.69, 9.17) is 10.4 Å². The van der Waals surface area contributed by atoms with Crippen molar-refractivity contribution >= 4 is 23.4 Å². The van der Waals surface area contributed by atoms with Crippen LogP contribution in [-0.2, 0) is 11.8 Å². The summed E-state index contributed by atoms with van der Waals surface area (Å²) in [5.74, 6) is 0.576. The number of aromatic nitrogens is 4. The average Bonchev–Trinajstić information content (AvgIpc) is 3.46. The SMILES string of the molecule is C[C@@H]1CN(c2ccc(C(=N)NC(=O)C3CCCN3)cc2)CCN1c1nc(-c2ccncn2)cc(=O)n1C. The van der Waals surface area contributed by atoms with Gasteiger partial charge in [-0.15, -0.1) is 0 Å². The second kappa shape index (κ2) is 10.5. The minimum atomic E-state index is -0.215. The summed E-state index contributed by atoms with van der Waals surface area (Å²) in [4.78, 5) is 42.4. The van der Waals surface area contributed by atoms with Gasteiger partial charge in [-0.3, -0.25) is 19.6 Å². The molecular formula is C26H31N9O2. The fourth-order valence-electron chi connectivity index (χ4n) is 4.88. The molecule has 11 nitrogen and oxygen atoms in total. The monoisotopic (exact) mass is 501 g/mol. The summed E-state index contributed by atoms with van der Waals surface area (Å²) >= 11 is 0. The summed E-state index contributed by atoms with van der Waals surface area (Å²) in [6.07, 6.45) is 4.86. The number of amides is 1. The molecule has 0 radical (unpaired) electrons. The van der Waals surface area contributed by atoms with Gasteiger partial charge in [-0.1, -0.05) is 0 Å². The van der Waals surface area contributed by atoms with Crippen LogP contribution in [-0.4, -0.2) is 69.5 Å². The molecule has 0 bridgehead atoms. The van der Waals surface area contributed by atoms with E-state index in [1.165, 1.54) is 12.4 Å². The third-order valence-corrected chi connectivity index (χ3v) is 6.99. The Morgan fingerprint density at radius 1 is 1.16 bits per heavy atom. The summed E-state index contributed by atoms with van der Waals surface area (Å²) in [7, 11) is 1.74. The number of hydrogen-bond donors (Lipinski definition) is 3. The Labute approximate surface area is 215 Å². The number of nitrogens with one attached hydrogen (secondary N) is 3. The van der Waals surface area contributed by atoms with Crippen molar-refractivity contribution < 1.29 is 4.79 Å². The van der Waals surface area contributed by atoms with E-state index in [-0.39, 0.29) is 29.4 Å². The van der Waals surface area contributed by atoms with Crippen molar-refractivity contribution in [2.75, 3.05) is 36.0 Å². The summed E-state index contributed by atoms with van der Waals surface area (Å²) in [6.45, 7) is 5.14. The van der Waals surface area contributed by atoms with E-state index in [1.54, 1.807) is 23.9 Å². The molecule has 3 N–H and O–H groups in total. The first kappa shape index (κ1) is 24.6. The predicted octanol–water partition coefficient (Wildman–Crippen LogP) is 1.15. The Bertz CT molecular complexity index is 1330. The normalized spacial score (nSPS) is 19.6. The molecule has 1 unspecified atom stereocenters. The summed E-state index contributed by atoms with van der Waals surface area (Å²) in [5, 5.41) is 14.2. The van der Waals surface area contributed by atoms with Crippen molar-refractivity contribution in [3.8, 4) is 11.4 Å². The number of carbonyl (C=O) groups excluding carboxylic acids is 1. The molecule has 3 aromatic rings. The van der Waals surface area contributed by atoms with Gasteiger partial charge in [0.1, 0.15) is 12.2 Å². The number of nitrogens with zero attached hydrogens (tertiary/aromatic N) is 6. The number of carbonyl (C=O) groups is 1. The lowest BCUT2D eigenvalue weighted by atomic mass is 10.1. The first-order chi connectivity index (χ1) is 17.9. The van der Waals surface area contributed by atoms with Gasteiger partial charge in [0.15, 0.2) is 0 Å². The van der Waals surface area contributed by atoms with Crippen LogP contribution in [0.25, 0.3) is 11.4 Å². The predicted molar refractivity (Wildman–Crippen MR) is 142 cm³/mol. The minimum absolute atomic E-state index is 0.101. The van der Waals surface area contributed by atoms with Crippen molar-refractivity contribution in [3.63, 3.8) is 0 Å². The van der Waals surface area contributed by atoms with Gasteiger partial charge >= 0.3 is 0 Å². The molecule has 0 aliphatic carbocycles. The van der Waals surface area contributed by atoms with Crippen LogP contribution in [0, 0.1) is 5.41 Å². The maximum atomic E-state index is 12.7. The van der Waals surface area contributed by atoms with Crippen LogP contribution >= 0.6 is 0 Å². The molecule has 5 rings (SSSR count). The van der Waals surface area contributed by atoms with Gasteiger partial charge in [0.25, 0.3) is 5.56 Å². The zero-order valence-electron chi connectivity index (χ0n) is 21.0. The fourth-order valence-corrected chi connectivity index (χ4v) is 4.88. The van der Waals surface area contributed by atoms with Crippen molar-refractivity contribution in [2.24, 2.45) is 7.05 Å². The zero-order chi connectivity index (χ0) is 25.9. The molecule has 0 spiro atoms. The van der Waals surface area contributed by atoms with E-state index >= 15 is 0 Å². The highest BCUT2D eigenvalue weighted by atomic mass is 16.2. The fraction of sp³-hybridized carbons (Fsp3) is 0.385. The van der Waals surface area contributed by atoms with Gasteiger partial charge in [0.05, 0.1) is 17.4 Å². The number of hydrogen-bond acceptors (Lipinski definition) is 9. The maximum absolute atomic E-state index is 12.7. The van der Waals surface area contributed by atoms with E-state index in [0.717, 1.165) is 38.2 Å². The highest BCUT2D eigenvalue weighted by Gasteiger charge is 2.28. The molecule has 2 atom stereocenters. The number of benzene rings is 1. The number of amidine groups is 1. The number of piperazine rings is 1. The zero-order valence-corrected chi connectivity index (χ0v) is 21.0. The average molecular weight is 502 g/mol. The van der Waals surface area contributed by atoms with Gasteiger partial charge in [0.2, 0.25) is 11.9 Å². The van der Waals surface area contributed by atoms with Crippen LogP contribution in [0.2, 0.25) is 0 Å². The van der Waals surface area contributed by atoms with E-state index in [9.17, 15) is 9.59 Å². The highest BCUT2D eigenvalue weighted by molar-refractivity contribution is 6.07. The molecule has 4 heterocycles. The van der Waals surface area contributed by atoms with Crippen molar-refractivity contribution in [2.45, 2.75) is 31.8 Å². The lowest BCUT2D eigenvalue weighted by molar-refractivity contribution is -0.121. The topological polar surface area (TPSA) is 132 Å². The van der Waals surface area contributed by atoms with Crippen molar-refractivity contribution in [1.29, 1.82) is 5.41 Å². The van der Waals surface area contributed by atoms with Crippen LogP contribution < -0.4 is 26.0 Å². The van der Waals surface area contributed by atoms with Crippen LogP contribution in [0.1, 0.15) is 25.3 Å². The van der Waals surface area contributed by atoms with Crippen LogP contribution in [0.15, 0.2) is 53.7 Å². The Kier molecular flexibility index (Phi) is 6.95. The van der Waals surface area contributed by atoms with Crippen LogP contribution in [0.4, 0.5) is 11.6 Å². The Hall–Kier alpha value is -4.12. The van der Waals surface area contributed by atoms with Crippen LogP contribution in [0.3, 0.4) is 0 Å². The van der Waals surface area contributed by atoms with Gasteiger partial charge in [0, 0.05) is 56.2 Å². The second-order valence-corrected chi connectivity index (χ2v) is 9.48. The van der Waals surface area contributed by atoms with E-state index < -0.39 is 0 Å². The largest absolute Gasteiger partial charge is 0.368 e. The molecule has 1 amide bonds. The first-order valence-electron chi connectivity index (χ1n) is 12.5. The lowest BCUT2D eigenvalue weighted by Gasteiger charge is -2.42. The van der Waals surface area contributed by atoms with Gasteiger partial charge in [-0.25, -0.2) is 15.0 Å². The lowest BCUT2D eigenvalue weighted by Crippen LogP contribution is -2.53. The quantitative estimate of drug-likeness (QED) is 0.350. The standard InChI is InChI=1S/C26H31N9O2/c1-17-15-34(19-7-5-18(6-8-19)24(27)32-25(37)21-4-3-10-29-21)12-13-35(17)26-31-22(14-23(36)33(26)2)20-9-11-28-16-30-20/h5-9,11,14,16-17,21,29H,3-4,10,12-13,15H2,1-2H3,(H2,27,32,37)/t17-,21?/m1/s1. The van der Waals surface area contributed by atoms with Gasteiger partial charge in [-0.05, 0) is 56.6 Å². The molecule has 2 aliphatic rings. The molecule has 37 heavy (non-hydrogen) atoms. The Morgan fingerprint density at radius 3 is 2.65 bits per heavy atom. The third-order valence-electron chi connectivity index (χ3n) is 6.99. The third kappa shape index (κ3) is 5.21. The van der Waals surface area contributed by atoms with Gasteiger partial charge < -0.3 is 20.4 Å². The smallest absolute Gasteiger partial charge is 0.255 e. The number of anilines is 2. The molecule has 1 aromatic carbocycles. The van der Waals surface area contributed by atoms with Crippen molar-refractivity contribution in [1.82, 2.24) is 30.2 Å². The molecule has 2 saturated heterocycles. The second-order valence-electron chi connectivity index (χ2n) is 9.48. The minimum Gasteiger partial charge on any atom is -0.368 e. The van der Waals surface area contributed by atoms with Crippen molar-refractivity contribution in [3.05, 3.63) is 64.8 Å². The van der Waals surface area contributed by atoms with E-state index in [0.29, 0.717) is 29.4 Å². The molecule has 2 aliphatic heterocycles. The first-order valence-corrected chi connectivity index (χ1v) is 12.5. The van der Waals surface area contributed by atoms with Gasteiger partial charge in [-0.2, -0.15) is 0 Å². The molecule has 0 saturated carbocycles. The highest BCUT2D eigenvalue weighted by Crippen LogP contribution is 2.24. The Balaban J connectivity index is 1.26. The summed E-state index contributed by atoms with van der Waals surface area (Å²) in [6, 6.07) is 10.8. The molecular weight excluding hydrogens is 470 g/mol. The van der Waals surface area contributed by atoms with E-state index in [2.05, 4.69) is 37.3 Å². The molecule has 2 aromatic heterocycles. The van der Waals surface area contributed by atoms with Crippen LogP contribution in [0.5, 0.6) is 0 Å². The maximum Gasteiger partial charge on any atom is 0.255 e. The molecule has 11 heteroatoms.